The third kappa shape index (κ3) is 2.57. The molecule has 114 valence electrons. The van der Waals surface area contributed by atoms with Crippen molar-refractivity contribution in [3.05, 3.63) is 0 Å². The number of nitrogens with zero attached hydrogens (tertiary/aromatic N) is 1. The molecule has 0 bridgehead atoms. The Morgan fingerprint density at radius 2 is 1.55 bits per heavy atom. The first-order chi connectivity index (χ1) is 9.08. The Morgan fingerprint density at radius 3 is 1.95 bits per heavy atom. The largest absolute Gasteiger partial charge is 0.481 e. The molecule has 1 amide bonds. The van der Waals surface area contributed by atoms with Crippen molar-refractivity contribution in [2.45, 2.75) is 59.4 Å². The SMILES string of the molecule is CN(C(=O)[C@H]1[C@@H](C(=O)O)C1(C)C)C1CCC(C)(C)CC1. The Hall–Kier alpha value is -1.06. The van der Waals surface area contributed by atoms with E-state index in [0.29, 0.717) is 5.41 Å². The van der Waals surface area contributed by atoms with Crippen molar-refractivity contribution < 1.29 is 14.7 Å². The molecule has 0 saturated heterocycles. The fourth-order valence-electron chi connectivity index (χ4n) is 3.73. The van der Waals surface area contributed by atoms with Gasteiger partial charge in [-0.1, -0.05) is 27.7 Å². The average molecular weight is 281 g/mol. The summed E-state index contributed by atoms with van der Waals surface area (Å²) in [6.45, 7) is 8.31. The topological polar surface area (TPSA) is 57.6 Å². The highest BCUT2D eigenvalue weighted by atomic mass is 16.4. The van der Waals surface area contributed by atoms with Gasteiger partial charge in [0.1, 0.15) is 0 Å². The zero-order valence-electron chi connectivity index (χ0n) is 13.3. The van der Waals surface area contributed by atoms with Crippen LogP contribution in [0.25, 0.3) is 0 Å². The number of hydrogen-bond acceptors (Lipinski definition) is 2. The molecule has 1 N–H and O–H groups in total. The van der Waals surface area contributed by atoms with Crippen LogP contribution in [0.1, 0.15) is 53.4 Å². The van der Waals surface area contributed by atoms with E-state index in [1.54, 1.807) is 0 Å². The van der Waals surface area contributed by atoms with Gasteiger partial charge in [-0.15, -0.1) is 0 Å². The molecule has 20 heavy (non-hydrogen) atoms. The van der Waals surface area contributed by atoms with Crippen molar-refractivity contribution >= 4 is 11.9 Å². The second-order valence-corrected chi connectivity index (χ2v) is 7.96. The van der Waals surface area contributed by atoms with E-state index in [2.05, 4.69) is 13.8 Å². The molecule has 0 unspecified atom stereocenters. The van der Waals surface area contributed by atoms with Crippen molar-refractivity contribution in [1.29, 1.82) is 0 Å². The lowest BCUT2D eigenvalue weighted by Gasteiger charge is -2.38. The highest BCUT2D eigenvalue weighted by molar-refractivity contribution is 5.91. The van der Waals surface area contributed by atoms with Crippen molar-refractivity contribution in [2.24, 2.45) is 22.7 Å². The Labute approximate surface area is 121 Å². The lowest BCUT2D eigenvalue weighted by Crippen LogP contribution is -2.42. The summed E-state index contributed by atoms with van der Waals surface area (Å²) < 4.78 is 0. The summed E-state index contributed by atoms with van der Waals surface area (Å²) >= 11 is 0. The molecule has 0 aliphatic heterocycles. The van der Waals surface area contributed by atoms with Crippen molar-refractivity contribution in [2.75, 3.05) is 7.05 Å². The van der Waals surface area contributed by atoms with Gasteiger partial charge < -0.3 is 10.0 Å². The molecule has 2 saturated carbocycles. The van der Waals surface area contributed by atoms with Crippen molar-refractivity contribution in [1.82, 2.24) is 4.90 Å². The lowest BCUT2D eigenvalue weighted by atomic mass is 9.75. The third-order valence-electron chi connectivity index (χ3n) is 5.56. The minimum atomic E-state index is -0.841. The van der Waals surface area contributed by atoms with E-state index < -0.39 is 17.3 Å². The quantitative estimate of drug-likeness (QED) is 0.865. The first-order valence-electron chi connectivity index (χ1n) is 7.57. The summed E-state index contributed by atoms with van der Waals surface area (Å²) in [5.41, 5.74) is -0.0199. The van der Waals surface area contributed by atoms with Crippen LogP contribution in [0.4, 0.5) is 0 Å². The van der Waals surface area contributed by atoms with Gasteiger partial charge in [0.25, 0.3) is 0 Å². The van der Waals surface area contributed by atoms with Gasteiger partial charge in [-0.05, 0) is 36.5 Å². The summed E-state index contributed by atoms with van der Waals surface area (Å²) in [6.07, 6.45) is 4.32. The van der Waals surface area contributed by atoms with E-state index >= 15 is 0 Å². The molecule has 0 aromatic carbocycles. The zero-order valence-corrected chi connectivity index (χ0v) is 13.3. The first-order valence-corrected chi connectivity index (χ1v) is 7.57. The summed E-state index contributed by atoms with van der Waals surface area (Å²) in [4.78, 5) is 25.6. The standard InChI is InChI=1S/C16H27NO3/c1-15(2)8-6-10(7-9-15)17(5)13(18)11-12(14(19)20)16(11,3)4/h10-12H,6-9H2,1-5H3,(H,19,20)/t11-,12+/m1/s1. The number of aliphatic carboxylic acids is 1. The molecule has 0 radical (unpaired) electrons. The van der Waals surface area contributed by atoms with Crippen molar-refractivity contribution in [3.8, 4) is 0 Å². The molecule has 0 aromatic heterocycles. The molecule has 4 heteroatoms. The van der Waals surface area contributed by atoms with E-state index in [9.17, 15) is 14.7 Å². The zero-order chi connectivity index (χ0) is 15.3. The molecular weight excluding hydrogens is 254 g/mol. The Kier molecular flexibility index (Phi) is 3.64. The van der Waals surface area contributed by atoms with Crippen LogP contribution in [0.2, 0.25) is 0 Å². The fourth-order valence-corrected chi connectivity index (χ4v) is 3.73. The Bertz CT molecular complexity index is 417. The highest BCUT2D eigenvalue weighted by Gasteiger charge is 2.66. The lowest BCUT2D eigenvalue weighted by molar-refractivity contribution is -0.142. The number of carboxylic acid groups (broad SMARTS) is 1. The van der Waals surface area contributed by atoms with Gasteiger partial charge >= 0.3 is 5.97 Å². The molecule has 2 fully saturated rings. The van der Waals surface area contributed by atoms with Crippen LogP contribution in [0.5, 0.6) is 0 Å². The van der Waals surface area contributed by atoms with Crippen LogP contribution >= 0.6 is 0 Å². The fraction of sp³-hybridized carbons (Fsp3) is 0.875. The summed E-state index contributed by atoms with van der Waals surface area (Å²) in [6, 6.07) is 0.279. The van der Waals surface area contributed by atoms with Crippen LogP contribution in [0.3, 0.4) is 0 Å². The van der Waals surface area contributed by atoms with Gasteiger partial charge in [0.2, 0.25) is 5.91 Å². The van der Waals surface area contributed by atoms with Gasteiger partial charge in [0.15, 0.2) is 0 Å². The molecule has 2 atom stereocenters. The average Bonchev–Trinajstić information content (AvgIpc) is 2.90. The molecular formula is C16H27NO3. The number of amides is 1. The predicted octanol–water partition coefficient (Wildman–Crippen LogP) is 2.77. The number of carboxylic acids is 1. The van der Waals surface area contributed by atoms with E-state index in [1.807, 2.05) is 25.8 Å². The predicted molar refractivity (Wildman–Crippen MR) is 77.2 cm³/mol. The van der Waals surface area contributed by atoms with Crippen molar-refractivity contribution in [3.63, 3.8) is 0 Å². The van der Waals surface area contributed by atoms with Crippen LogP contribution in [-0.4, -0.2) is 35.0 Å². The van der Waals surface area contributed by atoms with Crippen LogP contribution < -0.4 is 0 Å². The molecule has 0 spiro atoms. The van der Waals surface area contributed by atoms with E-state index in [-0.39, 0.29) is 17.9 Å². The minimum Gasteiger partial charge on any atom is -0.481 e. The third-order valence-corrected chi connectivity index (χ3v) is 5.56. The van der Waals surface area contributed by atoms with Crippen LogP contribution in [0, 0.1) is 22.7 Å². The van der Waals surface area contributed by atoms with Gasteiger partial charge in [-0.3, -0.25) is 9.59 Å². The molecule has 2 aliphatic carbocycles. The van der Waals surface area contributed by atoms with E-state index in [1.165, 1.54) is 0 Å². The molecule has 0 heterocycles. The molecule has 2 rings (SSSR count). The Morgan fingerprint density at radius 1 is 1.05 bits per heavy atom. The van der Waals surface area contributed by atoms with E-state index in [4.69, 9.17) is 0 Å². The van der Waals surface area contributed by atoms with Crippen LogP contribution in [-0.2, 0) is 9.59 Å². The van der Waals surface area contributed by atoms with Gasteiger partial charge in [-0.25, -0.2) is 0 Å². The number of carbonyl (C=O) groups is 2. The molecule has 4 nitrogen and oxygen atoms in total. The highest BCUT2D eigenvalue weighted by Crippen LogP contribution is 2.59. The minimum absolute atomic E-state index is 0.0205. The monoisotopic (exact) mass is 281 g/mol. The van der Waals surface area contributed by atoms with Gasteiger partial charge in [0, 0.05) is 13.1 Å². The Balaban J connectivity index is 1.99. The number of rotatable bonds is 3. The maximum Gasteiger partial charge on any atom is 0.307 e. The molecule has 0 aromatic rings. The second kappa shape index (κ2) is 4.74. The number of hydrogen-bond donors (Lipinski definition) is 1. The normalized spacial score (nSPS) is 31.6. The van der Waals surface area contributed by atoms with Gasteiger partial charge in [0.05, 0.1) is 11.8 Å². The maximum atomic E-state index is 12.6. The van der Waals surface area contributed by atoms with Crippen LogP contribution in [0.15, 0.2) is 0 Å². The first kappa shape index (κ1) is 15.3. The second-order valence-electron chi connectivity index (χ2n) is 7.96. The van der Waals surface area contributed by atoms with E-state index in [0.717, 1.165) is 25.7 Å². The van der Waals surface area contributed by atoms with Gasteiger partial charge in [-0.2, -0.15) is 0 Å². The summed E-state index contributed by atoms with van der Waals surface area (Å²) in [5.74, 6) is -1.68. The summed E-state index contributed by atoms with van der Waals surface area (Å²) in [5, 5.41) is 9.20. The summed E-state index contributed by atoms with van der Waals surface area (Å²) in [7, 11) is 1.85. The molecule has 2 aliphatic rings. The maximum absolute atomic E-state index is 12.6. The smallest absolute Gasteiger partial charge is 0.307 e. The number of carbonyl (C=O) groups excluding carboxylic acids is 1.